The number of aromatic nitrogens is 1. The largest absolute Gasteiger partial charge is 0.452 e. The van der Waals surface area contributed by atoms with E-state index in [4.69, 9.17) is 4.74 Å². The Kier molecular flexibility index (Phi) is 4.25. The maximum Gasteiger partial charge on any atom is 0.338 e. The molecule has 0 saturated carbocycles. The van der Waals surface area contributed by atoms with Gasteiger partial charge in [0.2, 0.25) is 0 Å². The highest BCUT2D eigenvalue weighted by atomic mass is 32.1. The van der Waals surface area contributed by atoms with Crippen LogP contribution in [0.2, 0.25) is 0 Å². The summed E-state index contributed by atoms with van der Waals surface area (Å²) in [4.78, 5) is 27.0. The van der Waals surface area contributed by atoms with Crippen LogP contribution in [0.1, 0.15) is 15.9 Å². The second-order valence-corrected chi connectivity index (χ2v) is 4.72. The number of ether oxygens (including phenoxy) is 1. The van der Waals surface area contributed by atoms with E-state index >= 15 is 0 Å². The maximum absolute atomic E-state index is 11.6. The molecule has 98 valence electrons. The lowest BCUT2D eigenvalue weighted by Crippen LogP contribution is -2.20. The van der Waals surface area contributed by atoms with E-state index in [9.17, 15) is 9.59 Å². The second-order valence-electron chi connectivity index (χ2n) is 3.83. The van der Waals surface area contributed by atoms with Crippen LogP contribution in [-0.2, 0) is 9.53 Å². The van der Waals surface area contributed by atoms with E-state index in [2.05, 4.69) is 10.3 Å². The molecule has 0 aliphatic heterocycles. The molecule has 6 heteroatoms. The van der Waals surface area contributed by atoms with Crippen molar-refractivity contribution in [1.29, 1.82) is 0 Å². The number of aryl methyl sites for hydroxylation is 1. The zero-order valence-corrected chi connectivity index (χ0v) is 11.1. The molecule has 0 spiro atoms. The highest BCUT2D eigenvalue weighted by Crippen LogP contribution is 2.10. The number of nitrogens with one attached hydrogen (secondary N) is 1. The minimum atomic E-state index is -0.519. The topological polar surface area (TPSA) is 68.3 Å². The smallest absolute Gasteiger partial charge is 0.338 e. The zero-order valence-electron chi connectivity index (χ0n) is 10.3. The summed E-state index contributed by atoms with van der Waals surface area (Å²) in [6, 6.07) is 6.95. The van der Waals surface area contributed by atoms with E-state index in [1.165, 1.54) is 11.3 Å². The zero-order chi connectivity index (χ0) is 13.7. The van der Waals surface area contributed by atoms with Gasteiger partial charge in [0.25, 0.3) is 5.91 Å². The van der Waals surface area contributed by atoms with Gasteiger partial charge >= 0.3 is 5.97 Å². The van der Waals surface area contributed by atoms with E-state index < -0.39 is 11.9 Å². The van der Waals surface area contributed by atoms with Crippen LogP contribution in [-0.4, -0.2) is 23.5 Å². The average molecular weight is 276 g/mol. The Morgan fingerprint density at radius 3 is 2.68 bits per heavy atom. The predicted octanol–water partition coefficient (Wildman–Crippen LogP) is 2.25. The minimum Gasteiger partial charge on any atom is -0.452 e. The number of anilines is 1. The molecule has 0 bridgehead atoms. The van der Waals surface area contributed by atoms with Gasteiger partial charge in [-0.1, -0.05) is 17.7 Å². The van der Waals surface area contributed by atoms with E-state index in [1.807, 2.05) is 19.1 Å². The van der Waals surface area contributed by atoms with E-state index in [1.54, 1.807) is 23.7 Å². The number of hydrogen-bond acceptors (Lipinski definition) is 5. The number of rotatable bonds is 4. The monoisotopic (exact) mass is 276 g/mol. The normalized spacial score (nSPS) is 9.95. The van der Waals surface area contributed by atoms with Crippen molar-refractivity contribution in [2.75, 3.05) is 11.9 Å². The Morgan fingerprint density at radius 2 is 2.05 bits per heavy atom. The van der Waals surface area contributed by atoms with Crippen LogP contribution in [0.15, 0.2) is 35.8 Å². The third kappa shape index (κ3) is 3.89. The van der Waals surface area contributed by atoms with Gasteiger partial charge < -0.3 is 4.74 Å². The van der Waals surface area contributed by atoms with Crippen molar-refractivity contribution in [3.05, 3.63) is 47.0 Å². The molecule has 2 aromatic rings. The number of nitrogens with zero attached hydrogens (tertiary/aromatic N) is 1. The quantitative estimate of drug-likeness (QED) is 0.870. The van der Waals surface area contributed by atoms with Gasteiger partial charge in [-0.05, 0) is 19.1 Å². The first-order chi connectivity index (χ1) is 9.15. The van der Waals surface area contributed by atoms with Crippen molar-refractivity contribution in [2.45, 2.75) is 6.92 Å². The van der Waals surface area contributed by atoms with Crippen molar-refractivity contribution in [2.24, 2.45) is 0 Å². The number of carbonyl (C=O) groups excluding carboxylic acids is 2. The standard InChI is InChI=1S/C13H12N2O3S/c1-9-2-4-10(5-3-9)12(17)18-8-11(16)15-13-14-6-7-19-13/h2-7H,8H2,1H3,(H,14,15,16). The van der Waals surface area contributed by atoms with Gasteiger partial charge in [-0.15, -0.1) is 11.3 Å². The molecule has 0 aliphatic carbocycles. The van der Waals surface area contributed by atoms with E-state index in [-0.39, 0.29) is 6.61 Å². The van der Waals surface area contributed by atoms with Crippen LogP contribution >= 0.6 is 11.3 Å². The lowest BCUT2D eigenvalue weighted by molar-refractivity contribution is -0.119. The first-order valence-corrected chi connectivity index (χ1v) is 6.46. The van der Waals surface area contributed by atoms with Crippen LogP contribution in [0.3, 0.4) is 0 Å². The molecule has 1 amide bonds. The Labute approximate surface area is 114 Å². The van der Waals surface area contributed by atoms with Gasteiger partial charge in [-0.25, -0.2) is 9.78 Å². The Bertz CT molecular complexity index is 564. The molecule has 1 aromatic heterocycles. The summed E-state index contributed by atoms with van der Waals surface area (Å²) in [5.74, 6) is -0.926. The number of amides is 1. The maximum atomic E-state index is 11.6. The number of carbonyl (C=O) groups is 2. The average Bonchev–Trinajstić information content (AvgIpc) is 2.89. The molecule has 5 nitrogen and oxygen atoms in total. The minimum absolute atomic E-state index is 0.327. The summed E-state index contributed by atoms with van der Waals surface area (Å²) in [6.07, 6.45) is 1.58. The van der Waals surface area contributed by atoms with Crippen LogP contribution in [0, 0.1) is 6.92 Å². The van der Waals surface area contributed by atoms with Crippen LogP contribution in [0.5, 0.6) is 0 Å². The molecule has 1 aromatic carbocycles. The third-order valence-electron chi connectivity index (χ3n) is 2.30. The van der Waals surface area contributed by atoms with Crippen LogP contribution < -0.4 is 5.32 Å². The van der Waals surface area contributed by atoms with Gasteiger partial charge in [0.1, 0.15) is 0 Å². The third-order valence-corrected chi connectivity index (χ3v) is 2.99. The SMILES string of the molecule is Cc1ccc(C(=O)OCC(=O)Nc2nccs2)cc1. The molecule has 0 saturated heterocycles. The molecule has 19 heavy (non-hydrogen) atoms. The number of thiazole rings is 1. The van der Waals surface area contributed by atoms with Gasteiger partial charge in [0.15, 0.2) is 11.7 Å². The Morgan fingerprint density at radius 1 is 1.32 bits per heavy atom. The predicted molar refractivity (Wildman–Crippen MR) is 72.2 cm³/mol. The fourth-order valence-electron chi connectivity index (χ4n) is 1.34. The van der Waals surface area contributed by atoms with Crippen LogP contribution in [0.25, 0.3) is 0 Å². The first-order valence-electron chi connectivity index (χ1n) is 5.58. The molecule has 2 rings (SSSR count). The summed E-state index contributed by atoms with van der Waals surface area (Å²) >= 11 is 1.30. The van der Waals surface area contributed by atoms with Crippen molar-refractivity contribution >= 4 is 28.3 Å². The highest BCUT2D eigenvalue weighted by molar-refractivity contribution is 7.13. The van der Waals surface area contributed by atoms with Crippen molar-refractivity contribution in [1.82, 2.24) is 4.98 Å². The fraction of sp³-hybridized carbons (Fsp3) is 0.154. The summed E-state index contributed by atoms with van der Waals surface area (Å²) in [5.41, 5.74) is 1.48. The Balaban J connectivity index is 1.83. The van der Waals surface area contributed by atoms with Gasteiger partial charge in [0, 0.05) is 11.6 Å². The van der Waals surface area contributed by atoms with Crippen molar-refractivity contribution in [3.8, 4) is 0 Å². The molecule has 0 aliphatic rings. The molecule has 0 fully saturated rings. The molecule has 1 N–H and O–H groups in total. The molecule has 1 heterocycles. The van der Waals surface area contributed by atoms with Crippen molar-refractivity contribution in [3.63, 3.8) is 0 Å². The summed E-state index contributed by atoms with van der Waals surface area (Å²) in [5, 5.41) is 4.76. The number of esters is 1. The molecular formula is C13H12N2O3S. The summed E-state index contributed by atoms with van der Waals surface area (Å²) in [7, 11) is 0. The second kappa shape index (κ2) is 6.10. The van der Waals surface area contributed by atoms with Crippen LogP contribution in [0.4, 0.5) is 5.13 Å². The lowest BCUT2D eigenvalue weighted by atomic mass is 10.1. The van der Waals surface area contributed by atoms with Gasteiger partial charge in [0.05, 0.1) is 5.56 Å². The summed E-state index contributed by atoms with van der Waals surface area (Å²) < 4.78 is 4.90. The molecule has 0 unspecified atom stereocenters. The van der Waals surface area contributed by atoms with E-state index in [0.29, 0.717) is 10.7 Å². The number of benzene rings is 1. The fourth-order valence-corrected chi connectivity index (χ4v) is 1.89. The van der Waals surface area contributed by atoms with Crippen molar-refractivity contribution < 1.29 is 14.3 Å². The lowest BCUT2D eigenvalue weighted by Gasteiger charge is -2.04. The van der Waals surface area contributed by atoms with E-state index in [0.717, 1.165) is 5.56 Å². The Hall–Kier alpha value is -2.21. The molecule has 0 radical (unpaired) electrons. The number of hydrogen-bond donors (Lipinski definition) is 1. The molecular weight excluding hydrogens is 264 g/mol. The van der Waals surface area contributed by atoms with Gasteiger partial charge in [-0.3, -0.25) is 10.1 Å². The highest BCUT2D eigenvalue weighted by Gasteiger charge is 2.10. The first kappa shape index (κ1) is 13.2. The van der Waals surface area contributed by atoms with Gasteiger partial charge in [-0.2, -0.15) is 0 Å². The molecule has 0 atom stereocenters. The summed E-state index contributed by atoms with van der Waals surface area (Å²) in [6.45, 7) is 1.60.